The normalized spacial score (nSPS) is 14.2. The average Bonchev–Trinajstić information content (AvgIpc) is 3.41. The number of imidazole rings is 1. The van der Waals surface area contributed by atoms with Crippen molar-refractivity contribution < 1.29 is 0 Å². The quantitative estimate of drug-likeness (QED) is 0.586. The Hall–Kier alpha value is -3.33. The van der Waals surface area contributed by atoms with E-state index in [1.54, 1.807) is 17.8 Å². The van der Waals surface area contributed by atoms with Crippen molar-refractivity contribution in [3.63, 3.8) is 0 Å². The Bertz CT molecular complexity index is 1320. The summed E-state index contributed by atoms with van der Waals surface area (Å²) in [6, 6.07) is 9.90. The number of nitriles is 1. The van der Waals surface area contributed by atoms with Crippen LogP contribution in [0.3, 0.4) is 0 Å². The van der Waals surface area contributed by atoms with E-state index >= 15 is 0 Å². The number of nitrogens with one attached hydrogen (secondary N) is 1. The van der Waals surface area contributed by atoms with Gasteiger partial charge in [-0.1, -0.05) is 12.1 Å². The Kier molecular flexibility index (Phi) is 3.50. The lowest BCUT2D eigenvalue weighted by molar-refractivity contribution is 0.584. The second-order valence-corrected chi connectivity index (χ2v) is 7.90. The van der Waals surface area contributed by atoms with Gasteiger partial charge in [0, 0.05) is 24.3 Å². The molecule has 0 aliphatic heterocycles. The van der Waals surface area contributed by atoms with Crippen molar-refractivity contribution in [2.24, 2.45) is 7.05 Å². The van der Waals surface area contributed by atoms with Crippen LogP contribution in [0, 0.1) is 11.3 Å². The van der Waals surface area contributed by atoms with Crippen LogP contribution in [0.2, 0.25) is 0 Å². The summed E-state index contributed by atoms with van der Waals surface area (Å²) in [5.41, 5.74) is 6.53. The minimum absolute atomic E-state index is 0.0285. The van der Waals surface area contributed by atoms with Crippen molar-refractivity contribution >= 4 is 22.1 Å². The molecular formula is C22H21N5O. The van der Waals surface area contributed by atoms with Gasteiger partial charge < -0.3 is 4.98 Å². The minimum Gasteiger partial charge on any atom is -0.342 e. The average molecular weight is 371 g/mol. The lowest BCUT2D eigenvalue weighted by Gasteiger charge is -2.10. The van der Waals surface area contributed by atoms with Crippen LogP contribution >= 0.6 is 0 Å². The number of fused-ring (bicyclic) bond motifs is 3. The Morgan fingerprint density at radius 1 is 1.25 bits per heavy atom. The van der Waals surface area contributed by atoms with Gasteiger partial charge in [0.1, 0.15) is 5.65 Å². The standard InChI is InChI=1S/C22H21N5O/c1-12(2)27-20-16(26(3)22(27)28)11-24-21-18(20)17(19(25-21)15-8-9-15)14-6-4-13(10-23)5-7-14/h4-7,11-12,15H,8-9H2,1-3H3,(H,24,25). The van der Waals surface area contributed by atoms with Gasteiger partial charge in [-0.15, -0.1) is 0 Å². The smallest absolute Gasteiger partial charge is 0.329 e. The predicted molar refractivity (Wildman–Crippen MR) is 109 cm³/mol. The molecule has 1 saturated carbocycles. The maximum Gasteiger partial charge on any atom is 0.329 e. The summed E-state index contributed by atoms with van der Waals surface area (Å²) < 4.78 is 3.53. The molecule has 0 saturated heterocycles. The van der Waals surface area contributed by atoms with E-state index in [0.717, 1.165) is 46.0 Å². The molecule has 5 rings (SSSR count). The third kappa shape index (κ3) is 2.26. The molecule has 6 nitrogen and oxygen atoms in total. The van der Waals surface area contributed by atoms with Crippen LogP contribution in [-0.2, 0) is 7.05 Å². The van der Waals surface area contributed by atoms with Crippen LogP contribution < -0.4 is 5.69 Å². The highest BCUT2D eigenvalue weighted by Gasteiger charge is 2.31. The topological polar surface area (TPSA) is 79.4 Å². The van der Waals surface area contributed by atoms with Gasteiger partial charge in [0.25, 0.3) is 0 Å². The molecule has 140 valence electrons. The summed E-state index contributed by atoms with van der Waals surface area (Å²) in [5, 5.41) is 10.1. The number of benzene rings is 1. The van der Waals surface area contributed by atoms with Crippen molar-refractivity contribution in [2.75, 3.05) is 0 Å². The fourth-order valence-corrected chi connectivity index (χ4v) is 4.17. The fourth-order valence-electron chi connectivity index (χ4n) is 4.17. The highest BCUT2D eigenvalue weighted by Crippen LogP contribution is 2.47. The van der Waals surface area contributed by atoms with Crippen molar-refractivity contribution in [1.29, 1.82) is 5.26 Å². The molecule has 1 aromatic carbocycles. The van der Waals surface area contributed by atoms with Gasteiger partial charge in [0.15, 0.2) is 0 Å². The van der Waals surface area contributed by atoms with Gasteiger partial charge in [-0.25, -0.2) is 9.78 Å². The zero-order chi connectivity index (χ0) is 19.6. The first-order valence-electron chi connectivity index (χ1n) is 9.63. The third-order valence-electron chi connectivity index (χ3n) is 5.70. The third-order valence-corrected chi connectivity index (χ3v) is 5.70. The molecule has 0 spiro atoms. The molecule has 1 fully saturated rings. The summed E-state index contributed by atoms with van der Waals surface area (Å²) >= 11 is 0. The van der Waals surface area contributed by atoms with Crippen LogP contribution in [0.5, 0.6) is 0 Å². The number of pyridine rings is 1. The van der Waals surface area contributed by atoms with Crippen molar-refractivity contribution in [3.8, 4) is 17.2 Å². The highest BCUT2D eigenvalue weighted by atomic mass is 16.1. The molecule has 6 heteroatoms. The summed E-state index contributed by atoms with van der Waals surface area (Å²) in [6.07, 6.45) is 4.10. The summed E-state index contributed by atoms with van der Waals surface area (Å²) in [7, 11) is 1.80. The Morgan fingerprint density at radius 2 is 1.96 bits per heavy atom. The number of rotatable bonds is 3. The second-order valence-electron chi connectivity index (χ2n) is 7.90. The molecule has 3 aromatic heterocycles. The largest absolute Gasteiger partial charge is 0.342 e. The van der Waals surface area contributed by atoms with E-state index in [9.17, 15) is 4.79 Å². The zero-order valence-electron chi connectivity index (χ0n) is 16.2. The van der Waals surface area contributed by atoms with Crippen LogP contribution in [0.25, 0.3) is 33.2 Å². The zero-order valence-corrected chi connectivity index (χ0v) is 16.2. The van der Waals surface area contributed by atoms with Crippen molar-refractivity contribution in [1.82, 2.24) is 19.1 Å². The lowest BCUT2D eigenvalue weighted by atomic mass is 9.99. The Balaban J connectivity index is 1.95. The molecule has 1 aliphatic carbocycles. The van der Waals surface area contributed by atoms with Gasteiger partial charge in [-0.2, -0.15) is 5.26 Å². The van der Waals surface area contributed by atoms with Crippen LogP contribution in [0.1, 0.15) is 49.9 Å². The molecule has 3 heterocycles. The van der Waals surface area contributed by atoms with E-state index in [-0.39, 0.29) is 11.7 Å². The first-order valence-corrected chi connectivity index (χ1v) is 9.63. The van der Waals surface area contributed by atoms with Gasteiger partial charge in [0.2, 0.25) is 0 Å². The molecule has 1 aliphatic rings. The van der Waals surface area contributed by atoms with Gasteiger partial charge in [0.05, 0.1) is 34.2 Å². The molecule has 28 heavy (non-hydrogen) atoms. The first-order chi connectivity index (χ1) is 13.5. The first kappa shape index (κ1) is 16.8. The fraction of sp³-hybridized carbons (Fsp3) is 0.318. The second kappa shape index (κ2) is 5.83. The maximum atomic E-state index is 12.9. The van der Waals surface area contributed by atoms with E-state index in [1.807, 2.05) is 42.7 Å². The Labute approximate surface area is 162 Å². The molecule has 0 radical (unpaired) electrons. The van der Waals surface area contributed by atoms with Gasteiger partial charge in [-0.3, -0.25) is 9.13 Å². The summed E-state index contributed by atoms with van der Waals surface area (Å²) in [6.45, 7) is 4.06. The molecule has 0 amide bonds. The lowest BCUT2D eigenvalue weighted by Crippen LogP contribution is -2.23. The molecular weight excluding hydrogens is 350 g/mol. The highest BCUT2D eigenvalue weighted by molar-refractivity contribution is 6.11. The van der Waals surface area contributed by atoms with E-state index < -0.39 is 0 Å². The van der Waals surface area contributed by atoms with Crippen LogP contribution in [-0.4, -0.2) is 19.1 Å². The molecule has 0 atom stereocenters. The molecule has 1 N–H and O–H groups in total. The van der Waals surface area contributed by atoms with Crippen LogP contribution in [0.4, 0.5) is 0 Å². The minimum atomic E-state index is -0.0285. The number of aromatic amines is 1. The van der Waals surface area contributed by atoms with E-state index in [2.05, 4.69) is 16.0 Å². The maximum absolute atomic E-state index is 12.9. The Morgan fingerprint density at radius 3 is 2.57 bits per heavy atom. The predicted octanol–water partition coefficient (Wildman–Crippen LogP) is 4.21. The number of hydrogen-bond acceptors (Lipinski definition) is 3. The van der Waals surface area contributed by atoms with Gasteiger partial charge in [-0.05, 0) is 50.3 Å². The molecule has 4 aromatic rings. The van der Waals surface area contributed by atoms with E-state index in [4.69, 9.17) is 5.26 Å². The molecule has 0 unspecified atom stereocenters. The van der Waals surface area contributed by atoms with Crippen LogP contribution in [0.15, 0.2) is 35.3 Å². The van der Waals surface area contributed by atoms with Gasteiger partial charge >= 0.3 is 5.69 Å². The van der Waals surface area contributed by atoms with Crippen molar-refractivity contribution in [2.45, 2.75) is 38.6 Å². The summed E-state index contributed by atoms with van der Waals surface area (Å²) in [4.78, 5) is 21.1. The number of nitrogens with zero attached hydrogens (tertiary/aromatic N) is 4. The van der Waals surface area contributed by atoms with Crippen molar-refractivity contribution in [3.05, 3.63) is 52.2 Å². The SMILES string of the molecule is CC(C)n1c(=O)n(C)c2cnc3[nH]c(C4CC4)c(-c4ccc(C#N)cc4)c3c21. The monoisotopic (exact) mass is 371 g/mol. The van der Waals surface area contributed by atoms with E-state index in [0.29, 0.717) is 11.5 Å². The summed E-state index contributed by atoms with van der Waals surface area (Å²) in [5.74, 6) is 0.498. The number of H-pyrrole nitrogens is 1. The molecule has 0 bridgehead atoms. The number of hydrogen-bond donors (Lipinski definition) is 1. The number of aromatic nitrogens is 4. The van der Waals surface area contributed by atoms with E-state index in [1.165, 1.54) is 5.69 Å². The number of aryl methyl sites for hydroxylation is 1.